The predicted molar refractivity (Wildman–Crippen MR) is 187 cm³/mol. The van der Waals surface area contributed by atoms with E-state index in [0.717, 1.165) is 40.0 Å². The average Bonchev–Trinajstić information content (AvgIpc) is 3.83. The fraction of sp³-hybridized carbons (Fsp3) is 0.538. The van der Waals surface area contributed by atoms with Crippen LogP contribution >= 0.6 is 0 Å². The van der Waals surface area contributed by atoms with Gasteiger partial charge in [-0.2, -0.15) is 0 Å². The Kier molecular flexibility index (Phi) is 13.5. The lowest BCUT2D eigenvalue weighted by atomic mass is 10.00. The molecule has 2 saturated heterocycles. The zero-order valence-corrected chi connectivity index (χ0v) is 29.7. The molecule has 3 aliphatic heterocycles. The van der Waals surface area contributed by atoms with Gasteiger partial charge in [0.25, 0.3) is 11.8 Å². The first-order chi connectivity index (χ1) is 25.4. The van der Waals surface area contributed by atoms with E-state index in [4.69, 9.17) is 16.0 Å². The number of carbonyl (C=O) groups is 5. The number of nitrogens with zero attached hydrogens (tertiary/aromatic N) is 3. The monoisotopic (exact) mass is 736 g/mol. The first-order valence-corrected chi connectivity index (χ1v) is 18.2. The minimum Gasteiger partial charge on any atom is -0.508 e. The Balaban J connectivity index is 0.941. The molecule has 0 aliphatic carbocycles. The number of aryl methyl sites for hydroxylation is 1. The number of aromatic hydroxyl groups is 1. The molecule has 2 aromatic rings. The Bertz CT molecular complexity index is 1690. The minimum atomic E-state index is -3.16. The second-order valence-electron chi connectivity index (χ2n) is 14.0. The van der Waals surface area contributed by atoms with Crippen molar-refractivity contribution in [2.75, 3.05) is 19.8 Å². The van der Waals surface area contributed by atoms with Crippen LogP contribution in [0.4, 0.5) is 8.78 Å². The number of benzene rings is 2. The highest BCUT2D eigenvalue weighted by Crippen LogP contribution is 2.35. The molecule has 0 radical (unpaired) electrons. The molecule has 3 aliphatic rings. The number of alkyl halides is 2. The summed E-state index contributed by atoms with van der Waals surface area (Å²) in [4.78, 5) is 69.0. The van der Waals surface area contributed by atoms with Gasteiger partial charge in [-0.1, -0.05) is 36.8 Å². The summed E-state index contributed by atoms with van der Waals surface area (Å²) < 4.78 is 38.9. The van der Waals surface area contributed by atoms with Gasteiger partial charge in [-0.3, -0.25) is 33.7 Å². The molecule has 2 aromatic carbocycles. The molecule has 2 N–H and O–H groups in total. The summed E-state index contributed by atoms with van der Waals surface area (Å²) in [5.41, 5.74) is 3.60. The fourth-order valence-corrected chi connectivity index (χ4v) is 6.98. The second-order valence-corrected chi connectivity index (χ2v) is 14.0. The van der Waals surface area contributed by atoms with Crippen molar-refractivity contribution in [3.05, 3.63) is 76.1 Å². The molecule has 2 fully saturated rings. The topological polar surface area (TPSA) is 147 Å². The third-order valence-electron chi connectivity index (χ3n) is 9.97. The largest absolute Gasteiger partial charge is 0.508 e. The summed E-state index contributed by atoms with van der Waals surface area (Å²) in [7, 11) is 0. The van der Waals surface area contributed by atoms with Crippen molar-refractivity contribution in [3.8, 4) is 5.75 Å². The van der Waals surface area contributed by atoms with Gasteiger partial charge in [-0.05, 0) is 66.5 Å². The number of hydrogen-bond donors (Lipinski definition) is 2. The minimum absolute atomic E-state index is 0.0159. The molecule has 0 bridgehead atoms. The molecule has 5 rings (SSSR count). The van der Waals surface area contributed by atoms with Crippen LogP contribution in [-0.4, -0.2) is 82.3 Å². The van der Waals surface area contributed by atoms with E-state index < -0.39 is 48.8 Å². The molecule has 0 saturated carbocycles. The van der Waals surface area contributed by atoms with Crippen molar-refractivity contribution in [1.29, 1.82) is 0 Å². The lowest BCUT2D eigenvalue weighted by Crippen LogP contribution is -2.46. The van der Waals surface area contributed by atoms with Crippen LogP contribution in [0.15, 0.2) is 42.5 Å². The normalized spacial score (nSPS) is 20.2. The van der Waals surface area contributed by atoms with Crippen molar-refractivity contribution in [3.63, 3.8) is 0 Å². The molecule has 53 heavy (non-hydrogen) atoms. The Morgan fingerprint density at radius 3 is 2.53 bits per heavy atom. The number of unbranched alkanes of at least 4 members (excludes halogenated alkanes) is 2. The van der Waals surface area contributed by atoms with Gasteiger partial charge in [0, 0.05) is 57.9 Å². The predicted octanol–water partition coefficient (Wildman–Crippen LogP) is 4.84. The maximum Gasteiger partial charge on any atom is 0.306 e. The molecular weight excluding hydrogens is 690 g/mol. The van der Waals surface area contributed by atoms with Crippen molar-refractivity contribution in [2.45, 2.75) is 108 Å². The van der Waals surface area contributed by atoms with Gasteiger partial charge in [-0.25, -0.2) is 15.4 Å². The van der Waals surface area contributed by atoms with Crippen molar-refractivity contribution >= 4 is 29.5 Å². The Labute approximate surface area is 307 Å². The summed E-state index contributed by atoms with van der Waals surface area (Å²) in [6.07, 6.45) is 2.55. The highest BCUT2D eigenvalue weighted by atomic mass is 19.3. The zero-order chi connectivity index (χ0) is 38.0. The fourth-order valence-electron chi connectivity index (χ4n) is 6.98. The van der Waals surface area contributed by atoms with Crippen LogP contribution in [0.2, 0.25) is 0 Å². The number of rotatable bonds is 18. The SMILES string of the molecule is [C-]#[N+][C@@H]1CC(F)(F)CN1C(=O)[C@@H]1C[C@@H](CC(=O)N2Cc3cccc(COC(=O)CCCCCOCCCC(=O)CCc4ccc(O)cc4)c3C2)C(=O)N1. The maximum absolute atomic E-state index is 13.9. The highest BCUT2D eigenvalue weighted by molar-refractivity contribution is 5.94. The van der Waals surface area contributed by atoms with Gasteiger partial charge >= 0.3 is 12.1 Å². The third-order valence-corrected chi connectivity index (χ3v) is 9.97. The van der Waals surface area contributed by atoms with Crippen LogP contribution in [0.25, 0.3) is 4.85 Å². The average molecular weight is 737 g/mol. The highest BCUT2D eigenvalue weighted by Gasteiger charge is 2.53. The molecule has 12 nitrogen and oxygen atoms in total. The molecule has 0 aromatic heterocycles. The van der Waals surface area contributed by atoms with E-state index >= 15 is 0 Å². The number of Topliss-reactive ketones (excluding diaryl/α,β-unsaturated/α-hetero) is 1. The number of fused-ring (bicyclic) bond motifs is 1. The van der Waals surface area contributed by atoms with Gasteiger partial charge in [-0.15, -0.1) is 0 Å². The number of likely N-dealkylation sites (tertiary alicyclic amines) is 1. The first-order valence-electron chi connectivity index (χ1n) is 18.2. The number of nitrogens with one attached hydrogen (secondary N) is 1. The van der Waals surface area contributed by atoms with Gasteiger partial charge < -0.3 is 24.8 Å². The van der Waals surface area contributed by atoms with Crippen molar-refractivity contribution < 1.29 is 47.3 Å². The van der Waals surface area contributed by atoms with E-state index in [9.17, 15) is 37.9 Å². The third kappa shape index (κ3) is 11.1. The van der Waals surface area contributed by atoms with Gasteiger partial charge in [0.2, 0.25) is 11.8 Å². The van der Waals surface area contributed by atoms with E-state index in [0.29, 0.717) is 51.9 Å². The number of phenols is 1. The van der Waals surface area contributed by atoms with Gasteiger partial charge in [0.1, 0.15) is 30.6 Å². The molecule has 0 spiro atoms. The molecule has 3 heterocycles. The number of amides is 3. The summed E-state index contributed by atoms with van der Waals surface area (Å²) in [5.74, 6) is -5.41. The van der Waals surface area contributed by atoms with E-state index in [1.54, 1.807) is 17.0 Å². The van der Waals surface area contributed by atoms with E-state index in [2.05, 4.69) is 10.2 Å². The molecule has 284 valence electrons. The number of phenolic OH excluding ortho intramolecular Hbond substituents is 1. The molecule has 3 atom stereocenters. The molecule has 3 amide bonds. The molecule has 14 heteroatoms. The Morgan fingerprint density at radius 1 is 0.981 bits per heavy atom. The van der Waals surface area contributed by atoms with Crippen molar-refractivity contribution in [2.24, 2.45) is 5.92 Å². The summed E-state index contributed by atoms with van der Waals surface area (Å²) in [6.45, 7) is 8.03. The number of halogens is 2. The Hall–Kier alpha value is -4.90. The lowest BCUT2D eigenvalue weighted by Gasteiger charge is -2.20. The maximum atomic E-state index is 13.9. The smallest absolute Gasteiger partial charge is 0.306 e. The van der Waals surface area contributed by atoms with E-state index in [-0.39, 0.29) is 55.8 Å². The van der Waals surface area contributed by atoms with E-state index in [1.165, 1.54) is 0 Å². The quantitative estimate of drug-likeness (QED) is 0.126. The van der Waals surface area contributed by atoms with Crippen molar-refractivity contribution in [1.82, 2.24) is 15.1 Å². The molecular formula is C39H46F2N4O8. The van der Waals surface area contributed by atoms with Crippen LogP contribution in [-0.2, 0) is 59.6 Å². The number of esters is 1. The first kappa shape index (κ1) is 39.3. The Morgan fingerprint density at radius 2 is 1.75 bits per heavy atom. The number of hydrogen-bond acceptors (Lipinski definition) is 8. The summed E-state index contributed by atoms with van der Waals surface area (Å²) in [6, 6.07) is 11.4. The zero-order valence-electron chi connectivity index (χ0n) is 29.7. The second kappa shape index (κ2) is 18.2. The van der Waals surface area contributed by atoms with Crippen LogP contribution in [0.1, 0.15) is 86.5 Å². The van der Waals surface area contributed by atoms with Gasteiger partial charge in [0.05, 0.1) is 6.54 Å². The number of ether oxygens (including phenoxy) is 2. The van der Waals surface area contributed by atoms with E-state index in [1.807, 2.05) is 30.3 Å². The van der Waals surface area contributed by atoms with Crippen LogP contribution in [0.3, 0.4) is 0 Å². The van der Waals surface area contributed by atoms with Crippen LogP contribution in [0.5, 0.6) is 5.75 Å². The summed E-state index contributed by atoms with van der Waals surface area (Å²) in [5, 5.41) is 11.9. The molecule has 0 unspecified atom stereocenters. The van der Waals surface area contributed by atoms with Gasteiger partial charge in [0.15, 0.2) is 0 Å². The van der Waals surface area contributed by atoms with Crippen LogP contribution in [0, 0.1) is 12.5 Å². The number of carbonyl (C=O) groups excluding carboxylic acids is 5. The summed E-state index contributed by atoms with van der Waals surface area (Å²) >= 11 is 0. The lowest BCUT2D eigenvalue weighted by molar-refractivity contribution is -0.145. The number of ketones is 1. The standard InChI is InChI=1S/C39H46F2N4O8/c1-42-34-21-39(40,41)25-45(34)38(51)33-19-29(37(50)43-33)20-35(48)44-22-27-7-5-8-28(32(27)23-44)24-53-36(49)10-3-2-4-17-52-18-6-9-30(46)14-11-26-12-15-31(47)16-13-26/h5,7-8,12-13,15-16,29,33-34,47H,2-4,6,9-11,14,17-25H2,(H,43,50)/t29-,33-,34-/m0/s1. The van der Waals surface area contributed by atoms with Crippen LogP contribution < -0.4 is 5.32 Å².